The minimum absolute atomic E-state index is 0.145. The molecule has 2 amide bonds. The quantitative estimate of drug-likeness (QED) is 0.459. The highest BCUT2D eigenvalue weighted by atomic mass is 32.2. The maximum Gasteiger partial charge on any atom is 0.271 e. The van der Waals surface area contributed by atoms with Crippen LogP contribution in [0.5, 0.6) is 0 Å². The van der Waals surface area contributed by atoms with Crippen molar-refractivity contribution in [1.82, 2.24) is 25.1 Å². The molecule has 3 aromatic heterocycles. The standard InChI is InChI=1S/C13H12N6O3S3/c1-7-10(25-19-16-7)11(21)15-12-17-18-13(24-12)23-6-9(20)14-5-8-3-2-4-22-8/h2-4H,5-6H2,1H3,(H,14,20)(H,15,17,21). The maximum atomic E-state index is 12.0. The lowest BCUT2D eigenvalue weighted by molar-refractivity contribution is -0.118. The van der Waals surface area contributed by atoms with Gasteiger partial charge in [-0.25, -0.2) is 0 Å². The summed E-state index contributed by atoms with van der Waals surface area (Å²) in [5.41, 5.74) is 0.565. The third-order valence-corrected chi connectivity index (χ3v) is 5.65. The Kier molecular flexibility index (Phi) is 5.73. The Balaban J connectivity index is 1.46. The number of thioether (sulfide) groups is 1. The summed E-state index contributed by atoms with van der Waals surface area (Å²) in [4.78, 5) is 24.3. The molecular weight excluding hydrogens is 384 g/mol. The molecule has 0 bridgehead atoms. The van der Waals surface area contributed by atoms with Gasteiger partial charge >= 0.3 is 0 Å². The van der Waals surface area contributed by atoms with Crippen LogP contribution in [-0.2, 0) is 11.3 Å². The van der Waals surface area contributed by atoms with Gasteiger partial charge in [-0.2, -0.15) is 0 Å². The molecule has 0 saturated heterocycles. The molecule has 9 nitrogen and oxygen atoms in total. The van der Waals surface area contributed by atoms with Crippen molar-refractivity contribution in [2.75, 3.05) is 11.1 Å². The molecule has 0 aliphatic rings. The number of carbonyl (C=O) groups is 2. The van der Waals surface area contributed by atoms with Crippen molar-refractivity contribution < 1.29 is 14.0 Å². The van der Waals surface area contributed by atoms with Crippen LogP contribution in [0, 0.1) is 6.92 Å². The van der Waals surface area contributed by atoms with Gasteiger partial charge in [-0.3, -0.25) is 14.9 Å². The van der Waals surface area contributed by atoms with Crippen molar-refractivity contribution >= 4 is 51.6 Å². The van der Waals surface area contributed by atoms with Crippen LogP contribution in [0.3, 0.4) is 0 Å². The Bertz CT molecular complexity index is 860. The SMILES string of the molecule is Cc1nnsc1C(=O)Nc1nnc(SCC(=O)NCc2ccco2)s1. The maximum absolute atomic E-state index is 12.0. The van der Waals surface area contributed by atoms with Crippen LogP contribution in [0.2, 0.25) is 0 Å². The van der Waals surface area contributed by atoms with Crippen molar-refractivity contribution in [2.24, 2.45) is 0 Å². The highest BCUT2D eigenvalue weighted by molar-refractivity contribution is 8.01. The first-order chi connectivity index (χ1) is 12.1. The number of aromatic nitrogens is 4. The average molecular weight is 396 g/mol. The molecule has 3 rings (SSSR count). The minimum Gasteiger partial charge on any atom is -0.467 e. The zero-order chi connectivity index (χ0) is 17.6. The topological polar surface area (TPSA) is 123 Å². The van der Waals surface area contributed by atoms with Gasteiger partial charge in [0.25, 0.3) is 5.91 Å². The molecular formula is C13H12N6O3S3. The predicted octanol–water partition coefficient (Wildman–Crippen LogP) is 1.95. The summed E-state index contributed by atoms with van der Waals surface area (Å²) in [6.07, 6.45) is 1.55. The number of carbonyl (C=O) groups excluding carboxylic acids is 2. The molecule has 0 aromatic carbocycles. The smallest absolute Gasteiger partial charge is 0.271 e. The largest absolute Gasteiger partial charge is 0.467 e. The first-order valence-corrected chi connectivity index (χ1v) is 9.55. The van der Waals surface area contributed by atoms with Gasteiger partial charge in [-0.05, 0) is 30.6 Å². The lowest BCUT2D eigenvalue weighted by Gasteiger charge is -2.01. The zero-order valence-corrected chi connectivity index (χ0v) is 15.3. The van der Waals surface area contributed by atoms with Gasteiger partial charge in [0.2, 0.25) is 11.0 Å². The number of aryl methyl sites for hydroxylation is 1. The van der Waals surface area contributed by atoms with Gasteiger partial charge in [-0.15, -0.1) is 15.3 Å². The number of furan rings is 1. The minimum atomic E-state index is -0.323. The van der Waals surface area contributed by atoms with Crippen molar-refractivity contribution in [1.29, 1.82) is 0 Å². The van der Waals surface area contributed by atoms with E-state index in [1.165, 1.54) is 23.1 Å². The Labute approximate surface area is 154 Å². The molecule has 3 heterocycles. The molecule has 0 aliphatic heterocycles. The molecule has 0 atom stereocenters. The highest BCUT2D eigenvalue weighted by Gasteiger charge is 2.16. The lowest BCUT2D eigenvalue weighted by atomic mass is 10.4. The van der Waals surface area contributed by atoms with Crippen molar-refractivity contribution in [2.45, 2.75) is 17.8 Å². The van der Waals surface area contributed by atoms with Gasteiger partial charge in [0.1, 0.15) is 10.6 Å². The van der Waals surface area contributed by atoms with E-state index in [4.69, 9.17) is 4.42 Å². The summed E-state index contributed by atoms with van der Waals surface area (Å²) in [5, 5.41) is 17.4. The van der Waals surface area contributed by atoms with Crippen LogP contribution in [0.1, 0.15) is 21.1 Å². The molecule has 0 radical (unpaired) electrons. The first kappa shape index (κ1) is 17.5. The van der Waals surface area contributed by atoms with Crippen LogP contribution in [0.4, 0.5) is 5.13 Å². The average Bonchev–Trinajstić information content (AvgIpc) is 3.33. The number of nitrogens with one attached hydrogen (secondary N) is 2. The molecule has 130 valence electrons. The lowest BCUT2D eigenvalue weighted by Crippen LogP contribution is -2.24. The van der Waals surface area contributed by atoms with Gasteiger partial charge < -0.3 is 9.73 Å². The third kappa shape index (κ3) is 4.84. The fourth-order valence-electron chi connectivity index (χ4n) is 1.69. The van der Waals surface area contributed by atoms with Gasteiger partial charge in [-0.1, -0.05) is 27.6 Å². The number of rotatable bonds is 7. The van der Waals surface area contributed by atoms with Crippen molar-refractivity contribution in [3.63, 3.8) is 0 Å². The molecule has 0 fully saturated rings. The van der Waals surface area contributed by atoms with Crippen molar-refractivity contribution in [3.05, 3.63) is 34.7 Å². The molecule has 25 heavy (non-hydrogen) atoms. The second-order valence-corrected chi connectivity index (χ2v) is 7.61. The van der Waals surface area contributed by atoms with Crippen LogP contribution in [-0.4, -0.2) is 37.4 Å². The normalized spacial score (nSPS) is 10.6. The Morgan fingerprint density at radius 1 is 1.32 bits per heavy atom. The monoisotopic (exact) mass is 396 g/mol. The summed E-state index contributed by atoms with van der Waals surface area (Å²) in [7, 11) is 0. The second-order valence-electron chi connectivity index (χ2n) is 4.66. The van der Waals surface area contributed by atoms with Crippen LogP contribution >= 0.6 is 34.6 Å². The van der Waals surface area contributed by atoms with Crippen LogP contribution in [0.15, 0.2) is 27.2 Å². The number of amides is 2. The van der Waals surface area contributed by atoms with Gasteiger partial charge in [0, 0.05) is 0 Å². The first-order valence-electron chi connectivity index (χ1n) is 6.97. The Morgan fingerprint density at radius 3 is 2.92 bits per heavy atom. The van der Waals surface area contributed by atoms with E-state index in [1.807, 2.05) is 0 Å². The molecule has 0 spiro atoms. The summed E-state index contributed by atoms with van der Waals surface area (Å²) < 4.78 is 9.44. The molecule has 12 heteroatoms. The van der Waals surface area contributed by atoms with Crippen LogP contribution in [0.25, 0.3) is 0 Å². The number of anilines is 1. The van der Waals surface area contributed by atoms with E-state index in [0.29, 0.717) is 32.3 Å². The van der Waals surface area contributed by atoms with Crippen molar-refractivity contribution in [3.8, 4) is 0 Å². The molecule has 0 aliphatic carbocycles. The fourth-order valence-corrected chi connectivity index (χ4v) is 3.82. The summed E-state index contributed by atoms with van der Waals surface area (Å²) in [6.45, 7) is 2.05. The summed E-state index contributed by atoms with van der Waals surface area (Å²) in [6, 6.07) is 3.55. The number of hydrogen-bond acceptors (Lipinski definition) is 10. The van der Waals surface area contributed by atoms with E-state index in [9.17, 15) is 9.59 Å². The number of hydrogen-bond donors (Lipinski definition) is 2. The van der Waals surface area contributed by atoms with E-state index in [-0.39, 0.29) is 17.6 Å². The second kappa shape index (κ2) is 8.18. The van der Waals surface area contributed by atoms with Gasteiger partial charge in [0.15, 0.2) is 4.34 Å². The highest BCUT2D eigenvalue weighted by Crippen LogP contribution is 2.26. The predicted molar refractivity (Wildman–Crippen MR) is 93.8 cm³/mol. The van der Waals surface area contributed by atoms with E-state index < -0.39 is 0 Å². The Morgan fingerprint density at radius 2 is 2.20 bits per heavy atom. The summed E-state index contributed by atoms with van der Waals surface area (Å²) in [5.74, 6) is 0.415. The van der Waals surface area contributed by atoms with E-state index in [0.717, 1.165) is 11.5 Å². The molecule has 0 unspecified atom stereocenters. The summed E-state index contributed by atoms with van der Waals surface area (Å²) >= 11 is 3.46. The Hall–Kier alpha value is -2.31. The molecule has 0 saturated carbocycles. The van der Waals surface area contributed by atoms with Gasteiger partial charge in [0.05, 0.1) is 24.3 Å². The fraction of sp³-hybridized carbons (Fsp3) is 0.231. The molecule has 2 N–H and O–H groups in total. The molecule has 3 aromatic rings. The zero-order valence-electron chi connectivity index (χ0n) is 12.9. The van der Waals surface area contributed by atoms with E-state index >= 15 is 0 Å². The van der Waals surface area contributed by atoms with E-state index in [2.05, 4.69) is 30.4 Å². The number of nitrogens with zero attached hydrogens (tertiary/aromatic N) is 4. The third-order valence-electron chi connectivity index (χ3n) is 2.85. The van der Waals surface area contributed by atoms with Crippen LogP contribution < -0.4 is 10.6 Å². The van der Waals surface area contributed by atoms with E-state index in [1.54, 1.807) is 25.3 Å².